The van der Waals surface area contributed by atoms with Crippen molar-refractivity contribution >= 4 is 40.4 Å². The molecule has 1 atom stereocenters. The van der Waals surface area contributed by atoms with E-state index in [0.29, 0.717) is 22.9 Å². The molecule has 1 aromatic heterocycles. The largest absolute Gasteiger partial charge is 0.349 e. The summed E-state index contributed by atoms with van der Waals surface area (Å²) in [4.78, 5) is 13.1. The summed E-state index contributed by atoms with van der Waals surface area (Å²) in [5, 5.41) is 6.05. The van der Waals surface area contributed by atoms with Gasteiger partial charge in [0.05, 0.1) is 16.1 Å². The first-order chi connectivity index (χ1) is 9.58. The molecule has 20 heavy (non-hydrogen) atoms. The van der Waals surface area contributed by atoms with Crippen LogP contribution in [0.2, 0.25) is 10.0 Å². The summed E-state index contributed by atoms with van der Waals surface area (Å²) in [7, 11) is 0. The second-order valence-electron chi connectivity index (χ2n) is 4.52. The van der Waals surface area contributed by atoms with Gasteiger partial charge in [0.25, 0.3) is 0 Å². The van der Waals surface area contributed by atoms with Gasteiger partial charge in [0, 0.05) is 11.3 Å². The van der Waals surface area contributed by atoms with E-state index < -0.39 is 0 Å². The minimum absolute atomic E-state index is 0.0157. The van der Waals surface area contributed by atoms with Gasteiger partial charge < -0.3 is 5.32 Å². The lowest BCUT2D eigenvalue weighted by Crippen LogP contribution is -2.26. The molecule has 2 aromatic rings. The molecule has 106 valence electrons. The van der Waals surface area contributed by atoms with Crippen LogP contribution >= 0.6 is 34.5 Å². The highest BCUT2D eigenvalue weighted by Crippen LogP contribution is 2.26. The van der Waals surface area contributed by atoms with E-state index >= 15 is 0 Å². The number of thiophene rings is 1. The van der Waals surface area contributed by atoms with E-state index in [2.05, 4.69) is 5.32 Å². The standard InChI is InChI=1S/C15H15Cl2NOS/c1-10(13-6-3-9-20-13)18-14(19)8-7-11-4-2-5-12(16)15(11)17/h2-6,9-10H,7-8H2,1H3,(H,18,19). The summed E-state index contributed by atoms with van der Waals surface area (Å²) in [5.41, 5.74) is 0.901. The third-order valence-corrected chi connectivity index (χ3v) is 4.91. The molecule has 1 amide bonds. The quantitative estimate of drug-likeness (QED) is 0.834. The summed E-state index contributed by atoms with van der Waals surface area (Å²) >= 11 is 13.7. The second kappa shape index (κ2) is 7.11. The molecule has 5 heteroatoms. The minimum Gasteiger partial charge on any atom is -0.349 e. The van der Waals surface area contributed by atoms with Crippen molar-refractivity contribution < 1.29 is 4.79 Å². The number of halogens is 2. The molecule has 2 nitrogen and oxygen atoms in total. The number of hydrogen-bond acceptors (Lipinski definition) is 2. The number of carbonyl (C=O) groups is 1. The van der Waals surface area contributed by atoms with E-state index in [1.54, 1.807) is 17.4 Å². The van der Waals surface area contributed by atoms with Gasteiger partial charge in [-0.3, -0.25) is 4.79 Å². The Morgan fingerprint density at radius 3 is 2.80 bits per heavy atom. The Hall–Kier alpha value is -1.03. The first-order valence-corrected chi connectivity index (χ1v) is 7.97. The van der Waals surface area contributed by atoms with Crippen molar-refractivity contribution in [2.75, 3.05) is 0 Å². The Labute approximate surface area is 132 Å². The highest BCUT2D eigenvalue weighted by Gasteiger charge is 2.11. The van der Waals surface area contributed by atoms with Crippen molar-refractivity contribution in [3.63, 3.8) is 0 Å². The van der Waals surface area contributed by atoms with Gasteiger partial charge in [0.2, 0.25) is 5.91 Å². The maximum atomic E-state index is 11.9. The summed E-state index contributed by atoms with van der Waals surface area (Å²) in [6, 6.07) is 9.52. The molecule has 0 spiro atoms. The van der Waals surface area contributed by atoms with Crippen molar-refractivity contribution in [3.8, 4) is 0 Å². The Morgan fingerprint density at radius 2 is 2.10 bits per heavy atom. The summed E-state index contributed by atoms with van der Waals surface area (Å²) < 4.78 is 0. The molecule has 0 saturated carbocycles. The SMILES string of the molecule is CC(NC(=O)CCc1cccc(Cl)c1Cl)c1cccs1. The van der Waals surface area contributed by atoms with Crippen molar-refractivity contribution in [2.45, 2.75) is 25.8 Å². The van der Waals surface area contributed by atoms with Crippen LogP contribution < -0.4 is 5.32 Å². The lowest BCUT2D eigenvalue weighted by molar-refractivity contribution is -0.121. The number of rotatable bonds is 5. The van der Waals surface area contributed by atoms with Crippen LogP contribution in [-0.2, 0) is 11.2 Å². The monoisotopic (exact) mass is 327 g/mol. The normalized spacial score (nSPS) is 12.2. The summed E-state index contributed by atoms with van der Waals surface area (Å²) in [5.74, 6) is 0.0157. The van der Waals surface area contributed by atoms with Crippen molar-refractivity contribution in [2.24, 2.45) is 0 Å². The third-order valence-electron chi connectivity index (χ3n) is 3.00. The molecule has 0 aliphatic heterocycles. The topological polar surface area (TPSA) is 29.1 Å². The highest BCUT2D eigenvalue weighted by atomic mass is 35.5. The van der Waals surface area contributed by atoms with E-state index in [0.717, 1.165) is 10.4 Å². The average molecular weight is 328 g/mol. The smallest absolute Gasteiger partial charge is 0.220 e. The maximum Gasteiger partial charge on any atom is 0.220 e. The Kier molecular flexibility index (Phi) is 5.46. The molecule has 1 aromatic carbocycles. The van der Waals surface area contributed by atoms with Gasteiger partial charge in [0.15, 0.2) is 0 Å². The lowest BCUT2D eigenvalue weighted by atomic mass is 10.1. The van der Waals surface area contributed by atoms with Crippen LogP contribution in [0.15, 0.2) is 35.7 Å². The molecule has 0 fully saturated rings. The second-order valence-corrected chi connectivity index (χ2v) is 6.28. The number of hydrogen-bond donors (Lipinski definition) is 1. The molecule has 1 unspecified atom stereocenters. The van der Waals surface area contributed by atoms with Gasteiger partial charge in [-0.05, 0) is 36.4 Å². The van der Waals surface area contributed by atoms with Crippen LogP contribution in [0, 0.1) is 0 Å². The van der Waals surface area contributed by atoms with Gasteiger partial charge in [-0.15, -0.1) is 11.3 Å². The van der Waals surface area contributed by atoms with Gasteiger partial charge in [0.1, 0.15) is 0 Å². The number of aryl methyl sites for hydroxylation is 1. The highest BCUT2D eigenvalue weighted by molar-refractivity contribution is 7.10. The molecule has 1 heterocycles. The van der Waals surface area contributed by atoms with Crippen LogP contribution in [0.3, 0.4) is 0 Å². The number of nitrogens with one attached hydrogen (secondary N) is 1. The van der Waals surface area contributed by atoms with Crippen LogP contribution in [0.4, 0.5) is 0 Å². The van der Waals surface area contributed by atoms with Gasteiger partial charge >= 0.3 is 0 Å². The molecule has 0 radical (unpaired) electrons. The zero-order valence-electron chi connectivity index (χ0n) is 11.0. The van der Waals surface area contributed by atoms with Crippen LogP contribution in [0.5, 0.6) is 0 Å². The van der Waals surface area contributed by atoms with Gasteiger partial charge in [-0.2, -0.15) is 0 Å². The van der Waals surface area contributed by atoms with Gasteiger partial charge in [-0.25, -0.2) is 0 Å². The molecular formula is C15H15Cl2NOS. The predicted molar refractivity (Wildman–Crippen MR) is 85.7 cm³/mol. The fraction of sp³-hybridized carbons (Fsp3) is 0.267. The van der Waals surface area contributed by atoms with E-state index in [-0.39, 0.29) is 11.9 Å². The van der Waals surface area contributed by atoms with E-state index in [1.165, 1.54) is 0 Å². The minimum atomic E-state index is 0.0157. The molecule has 0 aliphatic carbocycles. The Morgan fingerprint density at radius 1 is 1.30 bits per heavy atom. The first kappa shape index (κ1) is 15.4. The molecule has 1 N–H and O–H groups in total. The number of carbonyl (C=O) groups excluding carboxylic acids is 1. The van der Waals surface area contributed by atoms with E-state index in [9.17, 15) is 4.79 Å². The molecule has 0 saturated heterocycles. The Bertz CT molecular complexity index is 584. The average Bonchev–Trinajstić information content (AvgIpc) is 2.94. The molecular weight excluding hydrogens is 313 g/mol. The number of amides is 1. The zero-order valence-corrected chi connectivity index (χ0v) is 13.4. The fourth-order valence-corrected chi connectivity index (χ4v) is 3.06. The zero-order chi connectivity index (χ0) is 14.5. The van der Waals surface area contributed by atoms with Crippen LogP contribution in [0.1, 0.15) is 29.8 Å². The van der Waals surface area contributed by atoms with Crippen molar-refractivity contribution in [1.29, 1.82) is 0 Å². The molecule has 0 bridgehead atoms. The van der Waals surface area contributed by atoms with Gasteiger partial charge in [-0.1, -0.05) is 41.4 Å². The summed E-state index contributed by atoms with van der Waals surface area (Å²) in [6.07, 6.45) is 0.984. The maximum absolute atomic E-state index is 11.9. The molecule has 0 aliphatic rings. The summed E-state index contributed by atoms with van der Waals surface area (Å²) in [6.45, 7) is 1.98. The first-order valence-electron chi connectivity index (χ1n) is 6.33. The van der Waals surface area contributed by atoms with Crippen molar-refractivity contribution in [3.05, 3.63) is 56.2 Å². The van der Waals surface area contributed by atoms with Crippen LogP contribution in [-0.4, -0.2) is 5.91 Å². The lowest BCUT2D eigenvalue weighted by Gasteiger charge is -2.12. The Balaban J connectivity index is 1.88. The number of benzene rings is 1. The third kappa shape index (κ3) is 3.98. The van der Waals surface area contributed by atoms with Crippen molar-refractivity contribution in [1.82, 2.24) is 5.32 Å². The predicted octanol–water partition coefficient (Wildman–Crippen LogP) is 4.86. The molecule has 2 rings (SSSR count). The van der Waals surface area contributed by atoms with E-state index in [4.69, 9.17) is 23.2 Å². The van der Waals surface area contributed by atoms with E-state index in [1.807, 2.05) is 36.6 Å². The fourth-order valence-electron chi connectivity index (χ4n) is 1.91. The van der Waals surface area contributed by atoms with Crippen LogP contribution in [0.25, 0.3) is 0 Å².